The largest absolute Gasteiger partial charge is 0.345 e. The maximum atomic E-state index is 13.7. The van der Waals surface area contributed by atoms with E-state index < -0.39 is 36.0 Å². The van der Waals surface area contributed by atoms with E-state index in [4.69, 9.17) is 0 Å². The summed E-state index contributed by atoms with van der Waals surface area (Å²) in [5.41, 5.74) is 0.472. The van der Waals surface area contributed by atoms with Crippen molar-refractivity contribution >= 4 is 28.6 Å². The molecule has 1 atom stereocenters. The van der Waals surface area contributed by atoms with Crippen LogP contribution in [0.25, 0.3) is 0 Å². The van der Waals surface area contributed by atoms with Crippen LogP contribution in [0.1, 0.15) is 39.4 Å². The number of sulfonamides is 1. The van der Waals surface area contributed by atoms with Gasteiger partial charge < -0.3 is 4.74 Å². The third kappa shape index (κ3) is 5.41. The van der Waals surface area contributed by atoms with Crippen LogP contribution in [0.2, 0.25) is 5.04 Å². The second-order valence-electron chi connectivity index (χ2n) is 8.95. The maximum absolute atomic E-state index is 13.7. The van der Waals surface area contributed by atoms with Gasteiger partial charge in [-0.2, -0.15) is 8.78 Å². The number of rotatable bonds is 8. The van der Waals surface area contributed by atoms with Crippen LogP contribution >= 0.6 is 0 Å². The molecule has 1 N–H and O–H groups in total. The van der Waals surface area contributed by atoms with Gasteiger partial charge in [0.1, 0.15) is 0 Å². The van der Waals surface area contributed by atoms with Gasteiger partial charge in [-0.1, -0.05) is 93.6 Å². The van der Waals surface area contributed by atoms with Gasteiger partial charge >= 0.3 is 6.61 Å². The number of hydrogen-bond acceptors (Lipinski definition) is 3. The zero-order valence-corrected chi connectivity index (χ0v) is 20.9. The first-order valence-corrected chi connectivity index (χ1v) is 14.1. The van der Waals surface area contributed by atoms with Crippen molar-refractivity contribution < 1.29 is 21.9 Å². The van der Waals surface area contributed by atoms with Crippen LogP contribution in [0.3, 0.4) is 0 Å². The second kappa shape index (κ2) is 9.85. The SMILES string of the molecule is CC(OC(F)F)c1ccc(S(=O)(=O)N[Si](c2ccccc2)(c2ccccc2)C(C)(C)C)cc1. The van der Waals surface area contributed by atoms with Crippen molar-refractivity contribution in [2.24, 2.45) is 0 Å². The molecule has 4 nitrogen and oxygen atoms in total. The molecule has 0 radical (unpaired) electrons. The van der Waals surface area contributed by atoms with Crippen molar-refractivity contribution in [1.82, 2.24) is 4.39 Å². The third-order valence-electron chi connectivity index (χ3n) is 5.79. The van der Waals surface area contributed by atoms with Gasteiger partial charge in [-0.25, -0.2) is 12.8 Å². The number of benzene rings is 3. The number of halogens is 2. The van der Waals surface area contributed by atoms with E-state index in [0.29, 0.717) is 5.56 Å². The Morgan fingerprint density at radius 2 is 1.27 bits per heavy atom. The first-order chi connectivity index (χ1) is 15.5. The fourth-order valence-corrected chi connectivity index (χ4v) is 12.3. The van der Waals surface area contributed by atoms with Crippen LogP contribution < -0.4 is 14.8 Å². The van der Waals surface area contributed by atoms with E-state index >= 15 is 0 Å². The standard InChI is InChI=1S/C25H29F2NO3SSi/c1-19(31-24(26)27)20-15-17-21(18-16-20)32(29,30)28-33(25(2,3)4,22-11-7-5-8-12-22)23-13-9-6-10-14-23/h5-19,24,28H,1-4H3. The minimum absolute atomic E-state index is 0.0727. The molecule has 0 aliphatic carbocycles. The summed E-state index contributed by atoms with van der Waals surface area (Å²) in [6.45, 7) is 4.74. The molecule has 3 aromatic carbocycles. The Hall–Kier alpha value is -2.39. The summed E-state index contributed by atoms with van der Waals surface area (Å²) in [5.74, 6) is 0. The molecular formula is C25H29F2NO3SSi. The quantitative estimate of drug-likeness (QED) is 0.462. The summed E-state index contributed by atoms with van der Waals surface area (Å²) < 4.78 is 60.1. The zero-order valence-electron chi connectivity index (χ0n) is 19.1. The molecule has 176 valence electrons. The lowest BCUT2D eigenvalue weighted by molar-refractivity contribution is -0.159. The van der Waals surface area contributed by atoms with E-state index in [0.717, 1.165) is 10.4 Å². The number of alkyl halides is 2. The minimum atomic E-state index is -3.94. The lowest BCUT2D eigenvalue weighted by Gasteiger charge is -2.43. The van der Waals surface area contributed by atoms with Crippen LogP contribution in [-0.2, 0) is 14.8 Å². The Morgan fingerprint density at radius 1 is 0.818 bits per heavy atom. The normalized spacial score (nSPS) is 13.8. The van der Waals surface area contributed by atoms with Gasteiger partial charge in [0.15, 0.2) is 0 Å². The Kier molecular flexibility index (Phi) is 7.53. The van der Waals surface area contributed by atoms with E-state index in [2.05, 4.69) is 9.12 Å². The predicted octanol–water partition coefficient (Wildman–Crippen LogP) is 4.83. The Morgan fingerprint density at radius 3 is 1.67 bits per heavy atom. The van der Waals surface area contributed by atoms with Gasteiger partial charge in [0.25, 0.3) is 0 Å². The van der Waals surface area contributed by atoms with E-state index in [1.165, 1.54) is 31.2 Å². The topological polar surface area (TPSA) is 55.4 Å². The molecule has 0 saturated heterocycles. The molecule has 33 heavy (non-hydrogen) atoms. The first-order valence-electron chi connectivity index (χ1n) is 10.7. The molecule has 0 saturated carbocycles. The average Bonchev–Trinajstić information content (AvgIpc) is 2.77. The van der Waals surface area contributed by atoms with Crippen molar-refractivity contribution in [2.45, 2.75) is 50.3 Å². The smallest absolute Gasteiger partial charge is 0.315 e. The lowest BCUT2D eigenvalue weighted by Crippen LogP contribution is -2.74. The summed E-state index contributed by atoms with van der Waals surface area (Å²) >= 11 is 0. The Bertz CT molecular complexity index is 1110. The molecule has 0 aliphatic heterocycles. The highest BCUT2D eigenvalue weighted by molar-refractivity contribution is 7.91. The second-order valence-corrected chi connectivity index (χ2v) is 15.4. The van der Waals surface area contributed by atoms with Crippen molar-refractivity contribution in [3.05, 3.63) is 90.5 Å². The fraction of sp³-hybridized carbons (Fsp3) is 0.280. The zero-order chi connectivity index (χ0) is 24.3. The van der Waals surface area contributed by atoms with Crippen LogP contribution in [0.15, 0.2) is 89.8 Å². The molecule has 0 spiro atoms. The number of hydrogen-bond donors (Lipinski definition) is 1. The number of nitrogens with one attached hydrogen (secondary N) is 1. The van der Waals surface area contributed by atoms with E-state index in [1.54, 1.807) is 0 Å². The van der Waals surface area contributed by atoms with E-state index in [9.17, 15) is 17.2 Å². The van der Waals surface area contributed by atoms with Gasteiger partial charge in [0.05, 0.1) is 11.0 Å². The molecule has 1 unspecified atom stereocenters. The molecule has 0 fully saturated rings. The number of ether oxygens (including phenoxy) is 1. The van der Waals surface area contributed by atoms with Gasteiger partial charge in [0, 0.05) is 0 Å². The highest BCUT2D eigenvalue weighted by Gasteiger charge is 2.51. The molecule has 0 aliphatic rings. The van der Waals surface area contributed by atoms with E-state index in [1.807, 2.05) is 81.4 Å². The Labute approximate surface area is 195 Å². The predicted molar refractivity (Wildman–Crippen MR) is 130 cm³/mol. The fourth-order valence-electron chi connectivity index (χ4n) is 4.09. The summed E-state index contributed by atoms with van der Waals surface area (Å²) in [7, 11) is -7.03. The first kappa shape index (κ1) is 25.2. The van der Waals surface area contributed by atoms with Crippen LogP contribution in [-0.4, -0.2) is 23.3 Å². The van der Waals surface area contributed by atoms with Crippen LogP contribution in [0.5, 0.6) is 0 Å². The molecule has 0 heterocycles. The van der Waals surface area contributed by atoms with Gasteiger partial charge in [0.2, 0.25) is 18.3 Å². The van der Waals surface area contributed by atoms with Gasteiger partial charge in [-0.15, -0.1) is 0 Å². The highest BCUT2D eigenvalue weighted by Crippen LogP contribution is 2.35. The Balaban J connectivity index is 2.10. The molecule has 0 amide bonds. The van der Waals surface area contributed by atoms with Gasteiger partial charge in [-0.05, 0) is 40.0 Å². The molecule has 3 aromatic rings. The maximum Gasteiger partial charge on any atom is 0.345 e. The monoisotopic (exact) mass is 489 g/mol. The van der Waals surface area contributed by atoms with Crippen molar-refractivity contribution in [1.29, 1.82) is 0 Å². The van der Waals surface area contributed by atoms with Gasteiger partial charge in [-0.3, -0.25) is 0 Å². The van der Waals surface area contributed by atoms with E-state index in [-0.39, 0.29) is 4.90 Å². The van der Waals surface area contributed by atoms with Crippen molar-refractivity contribution in [3.8, 4) is 0 Å². The summed E-state index contributed by atoms with van der Waals surface area (Å²) in [5, 5.41) is 1.48. The molecule has 3 rings (SSSR count). The van der Waals surface area contributed by atoms with Crippen molar-refractivity contribution in [3.63, 3.8) is 0 Å². The minimum Gasteiger partial charge on any atom is -0.315 e. The van der Waals surface area contributed by atoms with Crippen LogP contribution in [0.4, 0.5) is 8.78 Å². The average molecular weight is 490 g/mol. The van der Waals surface area contributed by atoms with Crippen LogP contribution in [0, 0.1) is 0 Å². The summed E-state index contributed by atoms with van der Waals surface area (Å²) in [4.78, 5) is 0.0727. The third-order valence-corrected chi connectivity index (χ3v) is 13.6. The van der Waals surface area contributed by atoms with Crippen molar-refractivity contribution in [2.75, 3.05) is 0 Å². The molecular weight excluding hydrogens is 460 g/mol. The summed E-state index contributed by atoms with van der Waals surface area (Å²) in [6.07, 6.45) is -0.855. The highest BCUT2D eigenvalue weighted by atomic mass is 32.2. The lowest BCUT2D eigenvalue weighted by atomic mass is 10.1. The molecule has 8 heteroatoms. The summed E-state index contributed by atoms with van der Waals surface area (Å²) in [6, 6.07) is 25.2. The molecule has 0 aromatic heterocycles. The molecule has 0 bridgehead atoms.